The van der Waals surface area contributed by atoms with Crippen LogP contribution in [0.4, 0.5) is 0 Å². The summed E-state index contributed by atoms with van der Waals surface area (Å²) in [5.74, 6) is 0. The van der Waals surface area contributed by atoms with Gasteiger partial charge >= 0.3 is 5.69 Å². The van der Waals surface area contributed by atoms with Gasteiger partial charge in [-0.25, -0.2) is 9.89 Å². The molecule has 0 amide bonds. The van der Waals surface area contributed by atoms with Gasteiger partial charge in [-0.3, -0.25) is 4.40 Å². The van der Waals surface area contributed by atoms with Crippen molar-refractivity contribution in [1.29, 1.82) is 0 Å². The monoisotopic (exact) mass is 135 g/mol. The van der Waals surface area contributed by atoms with E-state index in [2.05, 4.69) is 10.2 Å². The molecule has 2 aromatic heterocycles. The van der Waals surface area contributed by atoms with Gasteiger partial charge in [0.2, 0.25) is 0 Å². The molecule has 0 spiro atoms. The molecule has 0 radical (unpaired) electrons. The smallest absolute Gasteiger partial charge is 0.267 e. The maximum atomic E-state index is 10.9. The van der Waals surface area contributed by atoms with Crippen molar-refractivity contribution in [3.8, 4) is 0 Å². The lowest BCUT2D eigenvalue weighted by Crippen LogP contribution is -2.15. The highest BCUT2D eigenvalue weighted by Gasteiger charge is 1.91. The van der Waals surface area contributed by atoms with Crippen molar-refractivity contribution in [3.05, 3.63) is 35.0 Å². The van der Waals surface area contributed by atoms with E-state index in [1.165, 1.54) is 4.40 Å². The third-order valence-electron chi connectivity index (χ3n) is 1.36. The Kier molecular flexibility index (Phi) is 0.887. The minimum atomic E-state index is -0.206. The van der Waals surface area contributed by atoms with Crippen LogP contribution in [0.15, 0.2) is 29.3 Å². The number of aromatic amines is 1. The molecule has 2 heterocycles. The molecule has 0 fully saturated rings. The molecule has 0 aliphatic heterocycles. The zero-order valence-corrected chi connectivity index (χ0v) is 5.11. The minimum absolute atomic E-state index is 0.206. The molecule has 0 saturated carbocycles. The van der Waals surface area contributed by atoms with Gasteiger partial charge in [0, 0.05) is 6.20 Å². The maximum absolute atomic E-state index is 10.9. The molecule has 0 aliphatic rings. The highest BCUT2D eigenvalue weighted by Crippen LogP contribution is 1.94. The van der Waals surface area contributed by atoms with Gasteiger partial charge in [-0.05, 0) is 12.1 Å². The highest BCUT2D eigenvalue weighted by atomic mass is 16.1. The van der Waals surface area contributed by atoms with Crippen molar-refractivity contribution in [1.82, 2.24) is 14.6 Å². The Balaban J connectivity index is 3.09. The topological polar surface area (TPSA) is 50.2 Å². The first-order valence-electron chi connectivity index (χ1n) is 2.89. The second kappa shape index (κ2) is 1.70. The van der Waals surface area contributed by atoms with Crippen molar-refractivity contribution in [3.63, 3.8) is 0 Å². The summed E-state index contributed by atoms with van der Waals surface area (Å²) in [5.41, 5.74) is 0.603. The number of nitrogens with one attached hydrogen (secondary N) is 1. The van der Waals surface area contributed by atoms with E-state index in [0.29, 0.717) is 0 Å². The Morgan fingerprint density at radius 2 is 2.50 bits per heavy atom. The number of rotatable bonds is 0. The van der Waals surface area contributed by atoms with Crippen molar-refractivity contribution >= 4 is 5.52 Å². The van der Waals surface area contributed by atoms with Crippen LogP contribution in [-0.2, 0) is 0 Å². The molecule has 50 valence electrons. The third kappa shape index (κ3) is 0.556. The molecule has 0 aliphatic carbocycles. The molecule has 0 bridgehead atoms. The van der Waals surface area contributed by atoms with E-state index in [9.17, 15) is 4.79 Å². The lowest BCUT2D eigenvalue weighted by atomic mass is 10.5. The first-order valence-corrected chi connectivity index (χ1v) is 2.89. The van der Waals surface area contributed by atoms with Crippen LogP contribution in [0.3, 0.4) is 0 Å². The third-order valence-corrected chi connectivity index (χ3v) is 1.36. The van der Waals surface area contributed by atoms with Crippen LogP contribution in [0, 0.1) is 0 Å². The van der Waals surface area contributed by atoms with E-state index in [0.717, 1.165) is 5.52 Å². The summed E-state index contributed by atoms with van der Waals surface area (Å²) in [7, 11) is 0. The Morgan fingerprint density at radius 1 is 1.60 bits per heavy atom. The number of fused-ring (bicyclic) bond motifs is 1. The van der Waals surface area contributed by atoms with E-state index in [1.54, 1.807) is 18.5 Å². The fourth-order valence-electron chi connectivity index (χ4n) is 0.892. The molecule has 2 aromatic rings. The Labute approximate surface area is 56.1 Å². The molecule has 0 atom stereocenters. The summed E-state index contributed by atoms with van der Waals surface area (Å²) in [4.78, 5) is 10.9. The summed E-state index contributed by atoms with van der Waals surface area (Å²) >= 11 is 0. The van der Waals surface area contributed by atoms with Crippen LogP contribution in [0.5, 0.6) is 0 Å². The molecular weight excluding hydrogens is 130 g/mol. The number of hydrogen-bond acceptors (Lipinski definition) is 2. The summed E-state index contributed by atoms with van der Waals surface area (Å²) in [6, 6.07) is 3.62. The van der Waals surface area contributed by atoms with E-state index in [1.807, 2.05) is 6.07 Å². The molecule has 4 nitrogen and oxygen atoms in total. The molecule has 2 rings (SSSR count). The summed E-state index contributed by atoms with van der Waals surface area (Å²) in [5, 5.41) is 5.94. The second-order valence-electron chi connectivity index (χ2n) is 1.98. The zero-order valence-electron chi connectivity index (χ0n) is 5.11. The van der Waals surface area contributed by atoms with Gasteiger partial charge in [0.25, 0.3) is 0 Å². The lowest BCUT2D eigenvalue weighted by Gasteiger charge is -1.87. The van der Waals surface area contributed by atoms with Crippen molar-refractivity contribution in [2.24, 2.45) is 0 Å². The fraction of sp³-hybridized carbons (Fsp3) is 0. The fourth-order valence-corrected chi connectivity index (χ4v) is 0.892. The standard InChI is InChI=1S/C6H5N3O/c10-6-8-7-4-5-2-1-3-9(5)6/h1-4H,(H,8,10). The number of aromatic nitrogens is 3. The van der Waals surface area contributed by atoms with Crippen LogP contribution in [0.25, 0.3) is 5.52 Å². The average molecular weight is 135 g/mol. The summed E-state index contributed by atoms with van der Waals surface area (Å²) < 4.78 is 1.49. The first-order chi connectivity index (χ1) is 4.88. The number of hydrogen-bond donors (Lipinski definition) is 1. The highest BCUT2D eigenvalue weighted by molar-refractivity contribution is 5.43. The van der Waals surface area contributed by atoms with Crippen LogP contribution in [0.2, 0.25) is 0 Å². The predicted octanol–water partition coefficient (Wildman–Crippen LogP) is 0.0226. The minimum Gasteiger partial charge on any atom is -0.267 e. The maximum Gasteiger partial charge on any atom is 0.346 e. The molecule has 0 saturated heterocycles. The Bertz CT molecular complexity index is 400. The van der Waals surface area contributed by atoms with E-state index in [-0.39, 0.29) is 5.69 Å². The van der Waals surface area contributed by atoms with Gasteiger partial charge in [0.05, 0.1) is 11.7 Å². The zero-order chi connectivity index (χ0) is 6.97. The number of nitrogens with zero attached hydrogens (tertiary/aromatic N) is 2. The Hall–Kier alpha value is -1.58. The quantitative estimate of drug-likeness (QED) is 0.553. The van der Waals surface area contributed by atoms with Gasteiger partial charge in [-0.1, -0.05) is 0 Å². The summed E-state index contributed by atoms with van der Waals surface area (Å²) in [6.45, 7) is 0. The van der Waals surface area contributed by atoms with Gasteiger partial charge in [0.15, 0.2) is 0 Å². The molecule has 0 unspecified atom stereocenters. The van der Waals surface area contributed by atoms with Gasteiger partial charge in [-0.2, -0.15) is 5.10 Å². The molecular formula is C6H5N3O. The van der Waals surface area contributed by atoms with Crippen molar-refractivity contribution < 1.29 is 0 Å². The molecule has 4 heteroatoms. The lowest BCUT2D eigenvalue weighted by molar-refractivity contribution is 0.890. The van der Waals surface area contributed by atoms with Gasteiger partial charge in [-0.15, -0.1) is 0 Å². The normalized spacial score (nSPS) is 10.4. The van der Waals surface area contributed by atoms with Crippen molar-refractivity contribution in [2.45, 2.75) is 0 Å². The van der Waals surface area contributed by atoms with Gasteiger partial charge in [0.1, 0.15) is 0 Å². The van der Waals surface area contributed by atoms with Crippen LogP contribution < -0.4 is 5.69 Å². The van der Waals surface area contributed by atoms with Gasteiger partial charge < -0.3 is 0 Å². The van der Waals surface area contributed by atoms with E-state index >= 15 is 0 Å². The SMILES string of the molecule is O=c1[nH]ncc2cccn12. The van der Waals surface area contributed by atoms with Crippen LogP contribution in [0.1, 0.15) is 0 Å². The predicted molar refractivity (Wildman–Crippen MR) is 35.8 cm³/mol. The van der Waals surface area contributed by atoms with Crippen LogP contribution in [-0.4, -0.2) is 14.6 Å². The van der Waals surface area contributed by atoms with Crippen molar-refractivity contribution in [2.75, 3.05) is 0 Å². The average Bonchev–Trinajstić information content (AvgIpc) is 2.36. The van der Waals surface area contributed by atoms with E-state index in [4.69, 9.17) is 0 Å². The first kappa shape index (κ1) is 5.22. The van der Waals surface area contributed by atoms with Crippen LogP contribution >= 0.6 is 0 Å². The second-order valence-corrected chi connectivity index (χ2v) is 1.98. The molecule has 10 heavy (non-hydrogen) atoms. The Morgan fingerprint density at radius 3 is 3.30 bits per heavy atom. The molecule has 0 aromatic carbocycles. The summed E-state index contributed by atoms with van der Waals surface area (Å²) in [6.07, 6.45) is 3.29. The van der Waals surface area contributed by atoms with E-state index < -0.39 is 0 Å². The largest absolute Gasteiger partial charge is 0.346 e. The molecule has 1 N–H and O–H groups in total. The number of H-pyrrole nitrogens is 1.